The number of phenolic OH excluding ortho intramolecular Hbond substituents is 1. The van der Waals surface area contributed by atoms with Crippen LogP contribution in [0, 0.1) is 0 Å². The molecule has 0 spiro atoms. The second kappa shape index (κ2) is 3.24. The van der Waals surface area contributed by atoms with Gasteiger partial charge in [0.05, 0.1) is 0 Å². The third kappa shape index (κ3) is 1.94. The lowest BCUT2D eigenvalue weighted by Gasteiger charge is -2.45. The molecule has 1 aliphatic rings. The van der Waals surface area contributed by atoms with Gasteiger partial charge >= 0.3 is 0 Å². The summed E-state index contributed by atoms with van der Waals surface area (Å²) in [5.41, 5.74) is 6.16. The van der Waals surface area contributed by atoms with Gasteiger partial charge in [-0.2, -0.15) is 0 Å². The minimum absolute atomic E-state index is 0.0297. The van der Waals surface area contributed by atoms with E-state index in [0.717, 1.165) is 0 Å². The number of phenols is 1. The van der Waals surface area contributed by atoms with Gasteiger partial charge in [-0.3, -0.25) is 4.79 Å². The van der Waals surface area contributed by atoms with Crippen molar-refractivity contribution in [2.24, 2.45) is 5.73 Å². The standard InChI is InChI=1S/C11H14N2O2/c1-11(12)6-13(7-11)10(15)8-2-4-9(14)5-3-8/h2-5,14H,6-7,12H2,1H3. The van der Waals surface area contributed by atoms with Crippen LogP contribution >= 0.6 is 0 Å². The van der Waals surface area contributed by atoms with E-state index in [-0.39, 0.29) is 17.2 Å². The van der Waals surface area contributed by atoms with E-state index in [1.807, 2.05) is 6.92 Å². The van der Waals surface area contributed by atoms with Crippen molar-refractivity contribution in [1.82, 2.24) is 4.90 Å². The van der Waals surface area contributed by atoms with Gasteiger partial charge in [0.25, 0.3) is 5.91 Å². The molecule has 1 heterocycles. The molecule has 4 heteroatoms. The summed E-state index contributed by atoms with van der Waals surface area (Å²) in [5, 5.41) is 9.09. The van der Waals surface area contributed by atoms with Gasteiger partial charge in [-0.05, 0) is 31.2 Å². The van der Waals surface area contributed by atoms with Crippen LogP contribution in [0.4, 0.5) is 0 Å². The third-order valence-electron chi connectivity index (χ3n) is 2.51. The number of hydrogen-bond acceptors (Lipinski definition) is 3. The van der Waals surface area contributed by atoms with Crippen LogP contribution in [0.5, 0.6) is 5.75 Å². The first-order valence-corrected chi connectivity index (χ1v) is 4.85. The topological polar surface area (TPSA) is 66.6 Å². The Bertz CT molecular complexity index is 376. The highest BCUT2D eigenvalue weighted by molar-refractivity contribution is 5.95. The summed E-state index contributed by atoms with van der Waals surface area (Å²) in [5.74, 6) is 0.136. The molecule has 0 bridgehead atoms. The van der Waals surface area contributed by atoms with E-state index in [0.29, 0.717) is 18.7 Å². The van der Waals surface area contributed by atoms with Gasteiger partial charge in [-0.15, -0.1) is 0 Å². The van der Waals surface area contributed by atoms with Gasteiger partial charge in [-0.25, -0.2) is 0 Å². The number of likely N-dealkylation sites (tertiary alicyclic amines) is 1. The lowest BCUT2D eigenvalue weighted by atomic mass is 9.93. The molecule has 0 saturated carbocycles. The summed E-state index contributed by atoms with van der Waals surface area (Å²) in [7, 11) is 0. The predicted octanol–water partition coefficient (Wildman–Crippen LogP) is 0.565. The smallest absolute Gasteiger partial charge is 0.253 e. The minimum Gasteiger partial charge on any atom is -0.508 e. The predicted molar refractivity (Wildman–Crippen MR) is 56.6 cm³/mol. The molecule has 4 nitrogen and oxygen atoms in total. The average molecular weight is 206 g/mol. The van der Waals surface area contributed by atoms with Crippen molar-refractivity contribution in [3.63, 3.8) is 0 Å². The van der Waals surface area contributed by atoms with E-state index >= 15 is 0 Å². The molecule has 1 aromatic carbocycles. The van der Waals surface area contributed by atoms with E-state index in [4.69, 9.17) is 10.8 Å². The van der Waals surface area contributed by atoms with Crippen molar-refractivity contribution < 1.29 is 9.90 Å². The number of amides is 1. The SMILES string of the molecule is CC1(N)CN(C(=O)c2ccc(O)cc2)C1. The van der Waals surface area contributed by atoms with Gasteiger partial charge in [-0.1, -0.05) is 0 Å². The minimum atomic E-state index is -0.243. The maximum atomic E-state index is 11.8. The molecule has 15 heavy (non-hydrogen) atoms. The molecule has 1 aromatic rings. The van der Waals surface area contributed by atoms with Crippen molar-refractivity contribution in [2.45, 2.75) is 12.5 Å². The van der Waals surface area contributed by atoms with Crippen LogP contribution in [0.25, 0.3) is 0 Å². The zero-order valence-electron chi connectivity index (χ0n) is 8.60. The molecule has 0 unspecified atom stereocenters. The number of carbonyl (C=O) groups is 1. The zero-order chi connectivity index (χ0) is 11.1. The van der Waals surface area contributed by atoms with Crippen molar-refractivity contribution >= 4 is 5.91 Å². The number of nitrogens with zero attached hydrogens (tertiary/aromatic N) is 1. The maximum absolute atomic E-state index is 11.8. The molecule has 80 valence electrons. The van der Waals surface area contributed by atoms with Crippen molar-refractivity contribution in [3.8, 4) is 5.75 Å². The quantitative estimate of drug-likeness (QED) is 0.705. The van der Waals surface area contributed by atoms with Crippen LogP contribution in [-0.2, 0) is 0 Å². The van der Waals surface area contributed by atoms with E-state index in [2.05, 4.69) is 0 Å². The Hall–Kier alpha value is -1.55. The Morgan fingerprint density at radius 2 is 1.93 bits per heavy atom. The Kier molecular flexibility index (Phi) is 2.16. The molecular formula is C11H14N2O2. The molecule has 1 amide bonds. The fourth-order valence-corrected chi connectivity index (χ4v) is 1.76. The highest BCUT2D eigenvalue weighted by Crippen LogP contribution is 2.20. The summed E-state index contributed by atoms with van der Waals surface area (Å²) in [6, 6.07) is 6.25. The first-order valence-electron chi connectivity index (χ1n) is 4.85. The molecule has 1 saturated heterocycles. The molecular weight excluding hydrogens is 192 g/mol. The zero-order valence-corrected chi connectivity index (χ0v) is 8.60. The van der Waals surface area contributed by atoms with Gasteiger partial charge in [0.2, 0.25) is 0 Å². The molecule has 0 atom stereocenters. The van der Waals surface area contributed by atoms with Crippen LogP contribution in [0.15, 0.2) is 24.3 Å². The van der Waals surface area contributed by atoms with E-state index in [9.17, 15) is 4.79 Å². The van der Waals surface area contributed by atoms with Crippen LogP contribution in [0.3, 0.4) is 0 Å². The largest absolute Gasteiger partial charge is 0.508 e. The Morgan fingerprint density at radius 3 is 2.40 bits per heavy atom. The van der Waals surface area contributed by atoms with Crippen LogP contribution in [0.1, 0.15) is 17.3 Å². The lowest BCUT2D eigenvalue weighted by Crippen LogP contribution is -2.66. The first-order chi connectivity index (χ1) is 6.98. The third-order valence-corrected chi connectivity index (χ3v) is 2.51. The van der Waals surface area contributed by atoms with Crippen LogP contribution in [-0.4, -0.2) is 34.5 Å². The molecule has 2 rings (SSSR count). The second-order valence-corrected chi connectivity index (χ2v) is 4.36. The summed E-state index contributed by atoms with van der Waals surface area (Å²) < 4.78 is 0. The van der Waals surface area contributed by atoms with Gasteiger partial charge in [0, 0.05) is 24.2 Å². The highest BCUT2D eigenvalue weighted by Gasteiger charge is 2.37. The monoisotopic (exact) mass is 206 g/mol. The fourth-order valence-electron chi connectivity index (χ4n) is 1.76. The Morgan fingerprint density at radius 1 is 1.40 bits per heavy atom. The number of aromatic hydroxyl groups is 1. The number of benzene rings is 1. The molecule has 0 aromatic heterocycles. The molecule has 1 aliphatic heterocycles. The van der Waals surface area contributed by atoms with Gasteiger partial charge < -0.3 is 15.7 Å². The summed E-state index contributed by atoms with van der Waals surface area (Å²) in [6.45, 7) is 3.10. The van der Waals surface area contributed by atoms with Gasteiger partial charge in [0.1, 0.15) is 5.75 Å². The normalized spacial score (nSPS) is 18.4. The fraction of sp³-hybridized carbons (Fsp3) is 0.364. The van der Waals surface area contributed by atoms with E-state index in [1.165, 1.54) is 12.1 Å². The molecule has 0 radical (unpaired) electrons. The molecule has 3 N–H and O–H groups in total. The van der Waals surface area contributed by atoms with Crippen molar-refractivity contribution in [2.75, 3.05) is 13.1 Å². The van der Waals surface area contributed by atoms with E-state index in [1.54, 1.807) is 17.0 Å². The number of hydrogen-bond donors (Lipinski definition) is 2. The highest BCUT2D eigenvalue weighted by atomic mass is 16.3. The van der Waals surface area contributed by atoms with Gasteiger partial charge in [0.15, 0.2) is 0 Å². The summed E-state index contributed by atoms with van der Waals surface area (Å²) >= 11 is 0. The lowest BCUT2D eigenvalue weighted by molar-refractivity contribution is 0.0454. The second-order valence-electron chi connectivity index (χ2n) is 4.36. The van der Waals surface area contributed by atoms with Crippen molar-refractivity contribution in [1.29, 1.82) is 0 Å². The maximum Gasteiger partial charge on any atom is 0.253 e. The van der Waals surface area contributed by atoms with Crippen LogP contribution in [0.2, 0.25) is 0 Å². The number of carbonyl (C=O) groups excluding carboxylic acids is 1. The van der Waals surface area contributed by atoms with Crippen molar-refractivity contribution in [3.05, 3.63) is 29.8 Å². The average Bonchev–Trinajstić information content (AvgIpc) is 2.14. The Labute approximate surface area is 88.3 Å². The summed E-state index contributed by atoms with van der Waals surface area (Å²) in [4.78, 5) is 13.5. The first kappa shape index (κ1) is 9.98. The molecule has 1 fully saturated rings. The summed E-state index contributed by atoms with van der Waals surface area (Å²) in [6.07, 6.45) is 0. The molecule has 0 aliphatic carbocycles. The van der Waals surface area contributed by atoms with Crippen LogP contribution < -0.4 is 5.73 Å². The van der Waals surface area contributed by atoms with E-state index < -0.39 is 0 Å². The number of rotatable bonds is 1. The number of nitrogens with two attached hydrogens (primary N) is 1. The Balaban J connectivity index is 2.07.